The second-order valence-corrected chi connectivity index (χ2v) is 4.57. The van der Waals surface area contributed by atoms with E-state index in [2.05, 4.69) is 9.88 Å². The third-order valence-corrected chi connectivity index (χ3v) is 3.27. The molecule has 98 valence electrons. The van der Waals surface area contributed by atoms with E-state index in [-0.39, 0.29) is 18.9 Å². The summed E-state index contributed by atoms with van der Waals surface area (Å²) in [5, 5.41) is 9.33. The highest BCUT2D eigenvalue weighted by Gasteiger charge is 2.33. The van der Waals surface area contributed by atoms with Crippen LogP contribution in [0.15, 0.2) is 54.9 Å². The van der Waals surface area contributed by atoms with Crippen LogP contribution in [0, 0.1) is 0 Å². The van der Waals surface area contributed by atoms with E-state index >= 15 is 0 Å². The summed E-state index contributed by atoms with van der Waals surface area (Å²) in [5.74, 6) is 0. The second kappa shape index (κ2) is 5.38. The van der Waals surface area contributed by atoms with Crippen molar-refractivity contribution in [3.63, 3.8) is 0 Å². The van der Waals surface area contributed by atoms with Crippen LogP contribution in [0.2, 0.25) is 0 Å². The summed E-state index contributed by atoms with van der Waals surface area (Å²) in [7, 11) is 0. The fraction of sp³-hybridized carbons (Fsp3) is 0.267. The highest BCUT2D eigenvalue weighted by Crippen LogP contribution is 2.34. The molecule has 1 fully saturated rings. The number of aliphatic hydroxyl groups excluding tert-OH is 1. The smallest absolute Gasteiger partial charge is 0.158 e. The first-order valence-corrected chi connectivity index (χ1v) is 6.36. The summed E-state index contributed by atoms with van der Waals surface area (Å²) >= 11 is 0. The van der Waals surface area contributed by atoms with E-state index in [1.165, 1.54) is 0 Å². The molecule has 4 nitrogen and oxygen atoms in total. The van der Waals surface area contributed by atoms with E-state index in [0.29, 0.717) is 6.54 Å². The van der Waals surface area contributed by atoms with Crippen molar-refractivity contribution >= 4 is 5.69 Å². The normalized spacial score (nSPS) is 22.7. The van der Waals surface area contributed by atoms with Crippen LogP contribution in [0.3, 0.4) is 0 Å². The largest absolute Gasteiger partial charge is 0.394 e. The Kier molecular flexibility index (Phi) is 3.44. The van der Waals surface area contributed by atoms with Crippen LogP contribution in [0.1, 0.15) is 11.8 Å². The fourth-order valence-electron chi connectivity index (χ4n) is 2.36. The molecule has 2 heterocycles. The van der Waals surface area contributed by atoms with Crippen LogP contribution < -0.4 is 4.90 Å². The van der Waals surface area contributed by atoms with E-state index in [0.717, 1.165) is 11.3 Å². The molecule has 1 aliphatic rings. The minimum absolute atomic E-state index is 0.0279. The minimum atomic E-state index is -0.187. The fourth-order valence-corrected chi connectivity index (χ4v) is 2.36. The summed E-state index contributed by atoms with van der Waals surface area (Å²) in [6.07, 6.45) is 3.20. The first kappa shape index (κ1) is 12.1. The van der Waals surface area contributed by atoms with Crippen LogP contribution >= 0.6 is 0 Å². The predicted octanol–water partition coefficient (Wildman–Crippen LogP) is 1.98. The first-order valence-electron chi connectivity index (χ1n) is 6.36. The molecule has 1 aromatic heterocycles. The molecule has 0 saturated carbocycles. The van der Waals surface area contributed by atoms with Gasteiger partial charge >= 0.3 is 0 Å². The molecule has 1 aromatic carbocycles. The maximum Gasteiger partial charge on any atom is 0.158 e. The van der Waals surface area contributed by atoms with Gasteiger partial charge in [-0.1, -0.05) is 24.3 Å². The third kappa shape index (κ3) is 2.45. The van der Waals surface area contributed by atoms with Gasteiger partial charge in [0.05, 0.1) is 6.61 Å². The zero-order valence-corrected chi connectivity index (χ0v) is 10.5. The Morgan fingerprint density at radius 2 is 2.05 bits per heavy atom. The van der Waals surface area contributed by atoms with Crippen molar-refractivity contribution < 1.29 is 9.84 Å². The number of ether oxygens (including phenoxy) is 1. The monoisotopic (exact) mass is 256 g/mol. The maximum absolute atomic E-state index is 9.33. The third-order valence-electron chi connectivity index (χ3n) is 3.27. The molecule has 0 amide bonds. The summed E-state index contributed by atoms with van der Waals surface area (Å²) in [5.41, 5.74) is 2.09. The van der Waals surface area contributed by atoms with Gasteiger partial charge in [-0.3, -0.25) is 4.98 Å². The number of anilines is 1. The molecule has 4 heteroatoms. The van der Waals surface area contributed by atoms with Gasteiger partial charge in [0.15, 0.2) is 6.23 Å². The number of aliphatic hydroxyl groups is 1. The quantitative estimate of drug-likeness (QED) is 0.912. The van der Waals surface area contributed by atoms with Crippen LogP contribution in [0.25, 0.3) is 0 Å². The van der Waals surface area contributed by atoms with E-state index in [4.69, 9.17) is 4.74 Å². The SMILES string of the molecule is OCC1CN(c2ccccc2)C(c2cccnc2)O1. The summed E-state index contributed by atoms with van der Waals surface area (Å²) in [4.78, 5) is 6.29. The highest BCUT2D eigenvalue weighted by atomic mass is 16.5. The molecule has 1 saturated heterocycles. The second-order valence-electron chi connectivity index (χ2n) is 4.57. The number of hydrogen-bond acceptors (Lipinski definition) is 4. The Morgan fingerprint density at radius 3 is 2.74 bits per heavy atom. The van der Waals surface area contributed by atoms with Crippen LogP contribution in [-0.2, 0) is 4.74 Å². The molecule has 0 spiro atoms. The predicted molar refractivity (Wildman–Crippen MR) is 72.7 cm³/mol. The van der Waals surface area contributed by atoms with Crippen molar-refractivity contribution in [1.82, 2.24) is 4.98 Å². The molecule has 1 N–H and O–H groups in total. The zero-order chi connectivity index (χ0) is 13.1. The van der Waals surface area contributed by atoms with Crippen molar-refractivity contribution in [2.45, 2.75) is 12.3 Å². The Bertz CT molecular complexity index is 471. The number of para-hydroxylation sites is 1. The first-order chi connectivity index (χ1) is 9.38. The lowest BCUT2D eigenvalue weighted by molar-refractivity contribution is 0.0146. The molecule has 0 bridgehead atoms. The van der Waals surface area contributed by atoms with Gasteiger partial charge in [0, 0.05) is 30.2 Å². The standard InChI is InChI=1S/C15H16N2O2/c18-11-14-10-17(13-6-2-1-3-7-13)15(19-14)12-5-4-8-16-9-12/h1-9,14-15,18H,10-11H2. The molecular weight excluding hydrogens is 240 g/mol. The van der Waals surface area contributed by atoms with E-state index in [1.807, 2.05) is 42.5 Å². The zero-order valence-electron chi connectivity index (χ0n) is 10.5. The lowest BCUT2D eigenvalue weighted by atomic mass is 10.2. The molecule has 0 aliphatic carbocycles. The van der Waals surface area contributed by atoms with Crippen LogP contribution in [0.5, 0.6) is 0 Å². The topological polar surface area (TPSA) is 45.6 Å². The molecule has 1 aliphatic heterocycles. The molecule has 19 heavy (non-hydrogen) atoms. The van der Waals surface area contributed by atoms with Crippen molar-refractivity contribution in [1.29, 1.82) is 0 Å². The van der Waals surface area contributed by atoms with Gasteiger partial charge in [-0.05, 0) is 18.2 Å². The summed E-state index contributed by atoms with van der Waals surface area (Å²) in [6.45, 7) is 0.709. The van der Waals surface area contributed by atoms with Crippen LogP contribution in [-0.4, -0.2) is 29.3 Å². The highest BCUT2D eigenvalue weighted by molar-refractivity contribution is 5.49. The van der Waals surface area contributed by atoms with Gasteiger partial charge in [0.1, 0.15) is 6.10 Å². The van der Waals surface area contributed by atoms with Crippen LogP contribution in [0.4, 0.5) is 5.69 Å². The molecular formula is C15H16N2O2. The van der Waals surface area contributed by atoms with Crippen molar-refractivity contribution in [2.75, 3.05) is 18.1 Å². The number of hydrogen-bond donors (Lipinski definition) is 1. The lowest BCUT2D eigenvalue weighted by Crippen LogP contribution is -2.25. The Hall–Kier alpha value is -1.91. The summed E-state index contributed by atoms with van der Waals surface area (Å²) in [6, 6.07) is 14.0. The Morgan fingerprint density at radius 1 is 1.21 bits per heavy atom. The molecule has 2 unspecified atom stereocenters. The number of benzene rings is 1. The average molecular weight is 256 g/mol. The summed E-state index contributed by atoms with van der Waals surface area (Å²) < 4.78 is 5.90. The van der Waals surface area contributed by atoms with E-state index < -0.39 is 0 Å². The number of pyridine rings is 1. The average Bonchev–Trinajstić information content (AvgIpc) is 2.93. The molecule has 2 aromatic rings. The molecule has 0 radical (unpaired) electrons. The maximum atomic E-state index is 9.33. The van der Waals surface area contributed by atoms with Crippen molar-refractivity contribution in [3.05, 3.63) is 60.4 Å². The Balaban J connectivity index is 1.92. The minimum Gasteiger partial charge on any atom is -0.394 e. The molecule has 2 atom stereocenters. The van der Waals surface area contributed by atoms with Gasteiger partial charge in [0.25, 0.3) is 0 Å². The van der Waals surface area contributed by atoms with Gasteiger partial charge in [-0.2, -0.15) is 0 Å². The van der Waals surface area contributed by atoms with Gasteiger partial charge in [-0.25, -0.2) is 0 Å². The van der Waals surface area contributed by atoms with E-state index in [1.54, 1.807) is 12.4 Å². The lowest BCUT2D eigenvalue weighted by Gasteiger charge is -2.24. The van der Waals surface area contributed by atoms with Crippen molar-refractivity contribution in [2.24, 2.45) is 0 Å². The number of nitrogens with zero attached hydrogens (tertiary/aromatic N) is 2. The van der Waals surface area contributed by atoms with Crippen molar-refractivity contribution in [3.8, 4) is 0 Å². The van der Waals surface area contributed by atoms with Gasteiger partial charge in [-0.15, -0.1) is 0 Å². The van der Waals surface area contributed by atoms with Gasteiger partial charge < -0.3 is 14.7 Å². The van der Waals surface area contributed by atoms with Gasteiger partial charge in [0.2, 0.25) is 0 Å². The molecule has 3 rings (SSSR count). The Labute approximate surface area is 112 Å². The number of rotatable bonds is 3. The van der Waals surface area contributed by atoms with E-state index in [9.17, 15) is 5.11 Å². The number of aromatic nitrogens is 1.